The van der Waals surface area contributed by atoms with E-state index in [9.17, 15) is 14.4 Å². The van der Waals surface area contributed by atoms with Crippen LogP contribution in [0, 0.1) is 6.92 Å². The van der Waals surface area contributed by atoms with Crippen molar-refractivity contribution >= 4 is 23.4 Å². The minimum atomic E-state index is -1.28. The van der Waals surface area contributed by atoms with E-state index >= 15 is 0 Å². The van der Waals surface area contributed by atoms with Crippen LogP contribution in [0.2, 0.25) is 0 Å². The number of imide groups is 1. The number of benzene rings is 2. The lowest BCUT2D eigenvalue weighted by molar-refractivity contribution is -0.143. The highest BCUT2D eigenvalue weighted by Crippen LogP contribution is 2.44. The number of rotatable bonds is 9. The number of hydrogen-bond acceptors (Lipinski definition) is 6. The Labute approximate surface area is 212 Å². The number of aryl methyl sites for hydroxylation is 1. The molecule has 0 saturated carbocycles. The predicted octanol–water partition coefficient (Wildman–Crippen LogP) is 2.78. The van der Waals surface area contributed by atoms with Crippen LogP contribution >= 0.6 is 0 Å². The van der Waals surface area contributed by atoms with Gasteiger partial charge in [0.1, 0.15) is 5.75 Å². The van der Waals surface area contributed by atoms with Gasteiger partial charge in [0.2, 0.25) is 17.7 Å². The quantitative estimate of drug-likeness (QED) is 0.395. The van der Waals surface area contributed by atoms with Crippen LogP contribution in [0.25, 0.3) is 0 Å². The fourth-order valence-corrected chi connectivity index (χ4v) is 5.36. The Morgan fingerprint density at radius 1 is 0.972 bits per heavy atom. The van der Waals surface area contributed by atoms with Crippen LogP contribution in [-0.4, -0.2) is 81.1 Å². The van der Waals surface area contributed by atoms with Crippen molar-refractivity contribution in [2.45, 2.75) is 31.6 Å². The highest BCUT2D eigenvalue weighted by molar-refractivity contribution is 6.11. The molecular formula is C28H35N3O5. The molecule has 36 heavy (non-hydrogen) atoms. The van der Waals surface area contributed by atoms with Gasteiger partial charge in [-0.1, -0.05) is 36.4 Å². The van der Waals surface area contributed by atoms with Crippen molar-refractivity contribution in [3.05, 3.63) is 59.7 Å². The number of ether oxygens (including phenoxy) is 2. The number of amides is 3. The molecule has 4 rings (SSSR count). The molecule has 2 aromatic rings. The van der Waals surface area contributed by atoms with Crippen molar-refractivity contribution < 1.29 is 23.9 Å². The van der Waals surface area contributed by atoms with Gasteiger partial charge in [-0.05, 0) is 31.0 Å². The van der Waals surface area contributed by atoms with Crippen molar-refractivity contribution in [3.63, 3.8) is 0 Å². The zero-order valence-corrected chi connectivity index (χ0v) is 21.4. The van der Waals surface area contributed by atoms with Gasteiger partial charge in [0.25, 0.3) is 0 Å². The molecule has 0 N–H and O–H groups in total. The number of para-hydroxylation sites is 2. The molecule has 2 saturated heterocycles. The van der Waals surface area contributed by atoms with Crippen LogP contribution in [0.15, 0.2) is 48.5 Å². The van der Waals surface area contributed by atoms with E-state index in [2.05, 4.69) is 24.0 Å². The van der Waals surface area contributed by atoms with Crippen LogP contribution in [0.5, 0.6) is 5.75 Å². The van der Waals surface area contributed by atoms with Crippen molar-refractivity contribution in [3.8, 4) is 5.75 Å². The summed E-state index contributed by atoms with van der Waals surface area (Å²) in [6.45, 7) is 5.37. The summed E-state index contributed by atoms with van der Waals surface area (Å²) in [4.78, 5) is 45.9. The number of carbonyl (C=O) groups excluding carboxylic acids is 3. The van der Waals surface area contributed by atoms with E-state index in [1.54, 1.807) is 19.2 Å². The molecule has 0 radical (unpaired) electrons. The molecule has 2 fully saturated rings. The Bertz CT molecular complexity index is 1110. The van der Waals surface area contributed by atoms with Gasteiger partial charge >= 0.3 is 0 Å². The standard InChI is InChI=1S/C28H35N3O5/c1-21-9-4-6-11-23(21)29-14-16-30(17-15-29)25(32)19-28(22-10-5-7-12-24(22)36-3)20-26(33)31(27(28)34)13-8-18-35-2/h4-7,9-12H,8,13-20H2,1-3H3/t28-/m1/s1. The predicted molar refractivity (Wildman–Crippen MR) is 137 cm³/mol. The molecule has 0 aromatic heterocycles. The molecule has 2 aliphatic heterocycles. The Balaban J connectivity index is 1.56. The molecule has 2 aromatic carbocycles. The summed E-state index contributed by atoms with van der Waals surface area (Å²) in [7, 11) is 3.13. The maximum absolute atomic E-state index is 13.8. The van der Waals surface area contributed by atoms with Gasteiger partial charge in [0.05, 0.1) is 12.5 Å². The van der Waals surface area contributed by atoms with Gasteiger partial charge in [-0.15, -0.1) is 0 Å². The third-order valence-corrected chi connectivity index (χ3v) is 7.30. The van der Waals surface area contributed by atoms with E-state index in [1.165, 1.54) is 23.3 Å². The minimum Gasteiger partial charge on any atom is -0.496 e. The zero-order valence-electron chi connectivity index (χ0n) is 21.4. The van der Waals surface area contributed by atoms with E-state index in [-0.39, 0.29) is 37.1 Å². The molecule has 2 aliphatic rings. The fourth-order valence-electron chi connectivity index (χ4n) is 5.36. The van der Waals surface area contributed by atoms with Crippen LogP contribution in [-0.2, 0) is 24.5 Å². The van der Waals surface area contributed by atoms with Gasteiger partial charge in [-0.3, -0.25) is 19.3 Å². The Hall–Kier alpha value is -3.39. The number of likely N-dealkylation sites (tertiary alicyclic amines) is 1. The van der Waals surface area contributed by atoms with E-state index in [0.717, 1.165) is 0 Å². The van der Waals surface area contributed by atoms with Crippen molar-refractivity contribution in [2.75, 3.05) is 58.5 Å². The van der Waals surface area contributed by atoms with Gasteiger partial charge in [0, 0.05) is 70.5 Å². The second-order valence-corrected chi connectivity index (χ2v) is 9.49. The Morgan fingerprint density at radius 3 is 2.36 bits per heavy atom. The van der Waals surface area contributed by atoms with Crippen LogP contribution < -0.4 is 9.64 Å². The molecule has 0 spiro atoms. The van der Waals surface area contributed by atoms with E-state index in [0.29, 0.717) is 50.5 Å². The first-order valence-corrected chi connectivity index (χ1v) is 12.5. The van der Waals surface area contributed by atoms with E-state index < -0.39 is 5.41 Å². The number of nitrogens with zero attached hydrogens (tertiary/aromatic N) is 3. The minimum absolute atomic E-state index is 0.0475. The maximum Gasteiger partial charge on any atom is 0.241 e. The summed E-state index contributed by atoms with van der Waals surface area (Å²) in [5.74, 6) is -0.209. The Morgan fingerprint density at radius 2 is 1.67 bits per heavy atom. The highest BCUT2D eigenvalue weighted by atomic mass is 16.5. The van der Waals surface area contributed by atoms with E-state index in [4.69, 9.17) is 9.47 Å². The maximum atomic E-state index is 13.8. The van der Waals surface area contributed by atoms with Gasteiger partial charge in [0.15, 0.2) is 0 Å². The van der Waals surface area contributed by atoms with Crippen molar-refractivity contribution in [2.24, 2.45) is 0 Å². The smallest absolute Gasteiger partial charge is 0.241 e. The SMILES string of the molecule is COCCCN1C(=O)C[C@](CC(=O)N2CCN(c3ccccc3C)CC2)(c2ccccc2OC)C1=O. The number of hydrogen-bond donors (Lipinski definition) is 0. The summed E-state index contributed by atoms with van der Waals surface area (Å²) in [5.41, 5.74) is 1.70. The summed E-state index contributed by atoms with van der Waals surface area (Å²) in [6, 6.07) is 15.4. The summed E-state index contributed by atoms with van der Waals surface area (Å²) >= 11 is 0. The molecule has 1 atom stereocenters. The number of carbonyl (C=O) groups is 3. The molecule has 0 bridgehead atoms. The number of anilines is 1. The van der Waals surface area contributed by atoms with Crippen LogP contribution in [0.1, 0.15) is 30.4 Å². The molecule has 8 heteroatoms. The second-order valence-electron chi connectivity index (χ2n) is 9.49. The van der Waals surface area contributed by atoms with Crippen molar-refractivity contribution in [1.29, 1.82) is 0 Å². The molecule has 2 heterocycles. The van der Waals surface area contributed by atoms with Crippen LogP contribution in [0.4, 0.5) is 5.69 Å². The first-order chi connectivity index (χ1) is 17.4. The molecule has 0 aliphatic carbocycles. The lowest BCUT2D eigenvalue weighted by atomic mass is 9.75. The monoisotopic (exact) mass is 493 g/mol. The third-order valence-electron chi connectivity index (χ3n) is 7.30. The lowest BCUT2D eigenvalue weighted by Gasteiger charge is -2.38. The van der Waals surface area contributed by atoms with E-state index in [1.807, 2.05) is 29.2 Å². The first kappa shape index (κ1) is 25.7. The average Bonchev–Trinajstić information content (AvgIpc) is 3.14. The normalized spacial score (nSPS) is 20.2. The van der Waals surface area contributed by atoms with Gasteiger partial charge in [-0.25, -0.2) is 0 Å². The topological polar surface area (TPSA) is 79.4 Å². The molecular weight excluding hydrogens is 458 g/mol. The van der Waals surface area contributed by atoms with Crippen LogP contribution in [0.3, 0.4) is 0 Å². The highest BCUT2D eigenvalue weighted by Gasteiger charge is 2.55. The van der Waals surface area contributed by atoms with Crippen molar-refractivity contribution in [1.82, 2.24) is 9.80 Å². The largest absolute Gasteiger partial charge is 0.496 e. The first-order valence-electron chi connectivity index (χ1n) is 12.5. The molecule has 3 amide bonds. The summed E-state index contributed by atoms with van der Waals surface area (Å²) in [6.07, 6.45) is 0.433. The summed E-state index contributed by atoms with van der Waals surface area (Å²) in [5, 5.41) is 0. The Kier molecular flexibility index (Phi) is 7.94. The second kappa shape index (κ2) is 11.1. The molecule has 192 valence electrons. The summed E-state index contributed by atoms with van der Waals surface area (Å²) < 4.78 is 10.7. The molecule has 0 unspecified atom stereocenters. The third kappa shape index (κ3) is 4.95. The van der Waals surface area contributed by atoms with Gasteiger partial charge in [-0.2, -0.15) is 0 Å². The lowest BCUT2D eigenvalue weighted by Crippen LogP contribution is -2.51. The fraction of sp³-hybridized carbons (Fsp3) is 0.464. The number of piperazine rings is 1. The molecule has 8 nitrogen and oxygen atoms in total. The average molecular weight is 494 g/mol. The number of methoxy groups -OCH3 is 2. The van der Waals surface area contributed by atoms with Gasteiger partial charge < -0.3 is 19.3 Å². The zero-order chi connectivity index (χ0) is 25.7.